The average molecular weight is 383 g/mol. The van der Waals surface area contributed by atoms with Gasteiger partial charge in [0.15, 0.2) is 0 Å². The van der Waals surface area contributed by atoms with Gasteiger partial charge in [-0.1, -0.05) is 48.0 Å². The van der Waals surface area contributed by atoms with Crippen LogP contribution in [0.3, 0.4) is 0 Å². The Balaban J connectivity index is 2.24. The summed E-state index contributed by atoms with van der Waals surface area (Å²) in [6.45, 7) is 3.69. The summed E-state index contributed by atoms with van der Waals surface area (Å²) in [5, 5.41) is 19.8. The minimum Gasteiger partial charge on any atom is -0.390 e. The van der Waals surface area contributed by atoms with Gasteiger partial charge in [-0.25, -0.2) is 18.2 Å². The monoisotopic (exact) mass is 383 g/mol. The Bertz CT molecular complexity index is 1080. The van der Waals surface area contributed by atoms with Gasteiger partial charge in [-0.3, -0.25) is 0 Å². The Morgan fingerprint density at radius 1 is 1.07 bits per heavy atom. The van der Waals surface area contributed by atoms with E-state index in [0.29, 0.717) is 11.4 Å². The van der Waals surface area contributed by atoms with E-state index >= 15 is 0 Å². The molecule has 3 rings (SSSR count). The SMILES string of the molecule is CC=Cn1nc(-c2ccc(S(N)(=O)=O)cc2)c(-c2ccc(C)cc2)c1CO. The molecule has 3 aromatic rings. The number of allylic oxidation sites excluding steroid dienone is 1. The second-order valence-corrected chi connectivity index (χ2v) is 7.75. The molecule has 3 N–H and O–H groups in total. The van der Waals surface area contributed by atoms with Crippen LogP contribution in [0, 0.1) is 6.92 Å². The number of aliphatic hydroxyl groups excluding tert-OH is 1. The van der Waals surface area contributed by atoms with Gasteiger partial charge in [0.05, 0.1) is 17.2 Å². The van der Waals surface area contributed by atoms with Gasteiger partial charge in [0.25, 0.3) is 0 Å². The number of aromatic nitrogens is 2. The quantitative estimate of drug-likeness (QED) is 0.707. The first-order valence-corrected chi connectivity index (χ1v) is 9.95. The molecule has 140 valence electrons. The number of sulfonamides is 1. The number of hydrogen-bond acceptors (Lipinski definition) is 4. The number of nitrogens with zero attached hydrogens (tertiary/aromatic N) is 2. The first-order chi connectivity index (χ1) is 12.8. The molecule has 0 atom stereocenters. The van der Waals surface area contributed by atoms with Crippen LogP contribution in [0.4, 0.5) is 0 Å². The van der Waals surface area contributed by atoms with E-state index in [9.17, 15) is 13.5 Å². The lowest BCUT2D eigenvalue weighted by atomic mass is 9.98. The maximum atomic E-state index is 11.5. The molecular formula is C20H21N3O3S. The van der Waals surface area contributed by atoms with Gasteiger partial charge < -0.3 is 5.11 Å². The molecule has 2 aromatic carbocycles. The van der Waals surface area contributed by atoms with Crippen LogP contribution in [0.1, 0.15) is 18.2 Å². The van der Waals surface area contributed by atoms with Gasteiger partial charge >= 0.3 is 0 Å². The van der Waals surface area contributed by atoms with Crippen LogP contribution in [0.25, 0.3) is 28.6 Å². The largest absolute Gasteiger partial charge is 0.390 e. The van der Waals surface area contributed by atoms with E-state index in [-0.39, 0.29) is 11.5 Å². The highest BCUT2D eigenvalue weighted by atomic mass is 32.2. The molecule has 0 unspecified atom stereocenters. The lowest BCUT2D eigenvalue weighted by molar-refractivity contribution is 0.274. The van der Waals surface area contributed by atoms with Crippen molar-refractivity contribution in [2.75, 3.05) is 0 Å². The highest BCUT2D eigenvalue weighted by Gasteiger charge is 2.20. The van der Waals surface area contributed by atoms with Crippen molar-refractivity contribution in [1.29, 1.82) is 0 Å². The standard InChI is InChI=1S/C20H21N3O3S/c1-3-12-23-18(13-24)19(15-6-4-14(2)5-7-15)20(22-23)16-8-10-17(11-9-16)27(21,25)26/h3-12,24H,13H2,1-2H3,(H2,21,25,26). The fourth-order valence-electron chi connectivity index (χ4n) is 2.91. The first kappa shape index (κ1) is 19.0. The summed E-state index contributed by atoms with van der Waals surface area (Å²) in [6, 6.07) is 14.2. The number of aliphatic hydroxyl groups is 1. The zero-order valence-electron chi connectivity index (χ0n) is 15.1. The predicted octanol–water partition coefficient (Wildman–Crippen LogP) is 3.16. The summed E-state index contributed by atoms with van der Waals surface area (Å²) < 4.78 is 24.7. The Morgan fingerprint density at radius 3 is 2.19 bits per heavy atom. The molecule has 0 saturated carbocycles. The molecule has 0 aliphatic heterocycles. The highest BCUT2D eigenvalue weighted by Crippen LogP contribution is 2.35. The Kier molecular flexibility index (Phi) is 5.27. The van der Waals surface area contributed by atoms with Gasteiger partial charge in [0.1, 0.15) is 5.69 Å². The number of rotatable bonds is 5. The van der Waals surface area contributed by atoms with Crippen molar-refractivity contribution in [3.8, 4) is 22.4 Å². The van der Waals surface area contributed by atoms with E-state index < -0.39 is 10.0 Å². The minimum atomic E-state index is -3.76. The summed E-state index contributed by atoms with van der Waals surface area (Å²) in [4.78, 5) is 0.0402. The van der Waals surface area contributed by atoms with Crippen molar-refractivity contribution in [2.24, 2.45) is 5.14 Å². The smallest absolute Gasteiger partial charge is 0.238 e. The number of primary sulfonamides is 1. The van der Waals surface area contributed by atoms with E-state index in [1.54, 1.807) is 23.0 Å². The van der Waals surface area contributed by atoms with Crippen molar-refractivity contribution < 1.29 is 13.5 Å². The van der Waals surface area contributed by atoms with Gasteiger partial charge in [-0.15, -0.1) is 0 Å². The third-order valence-electron chi connectivity index (χ3n) is 4.25. The Labute approximate surface area is 158 Å². The fourth-order valence-corrected chi connectivity index (χ4v) is 3.43. The summed E-state index contributed by atoms with van der Waals surface area (Å²) >= 11 is 0. The molecule has 6 nitrogen and oxygen atoms in total. The van der Waals surface area contributed by atoms with Gasteiger partial charge in [-0.2, -0.15) is 5.10 Å². The molecule has 0 radical (unpaired) electrons. The number of aryl methyl sites for hydroxylation is 1. The average Bonchev–Trinajstić information content (AvgIpc) is 3.00. The molecule has 0 bridgehead atoms. The van der Waals surface area contributed by atoms with E-state index in [1.807, 2.05) is 44.2 Å². The first-order valence-electron chi connectivity index (χ1n) is 8.40. The molecule has 0 fully saturated rings. The maximum Gasteiger partial charge on any atom is 0.238 e. The molecule has 7 heteroatoms. The molecular weight excluding hydrogens is 362 g/mol. The summed E-state index contributed by atoms with van der Waals surface area (Å²) in [7, 11) is -3.76. The van der Waals surface area contributed by atoms with Crippen LogP contribution in [0.15, 0.2) is 59.5 Å². The Morgan fingerprint density at radius 2 is 1.67 bits per heavy atom. The number of benzene rings is 2. The Hall–Kier alpha value is -2.74. The summed E-state index contributed by atoms with van der Waals surface area (Å²) in [5.74, 6) is 0. The van der Waals surface area contributed by atoms with E-state index in [0.717, 1.165) is 22.3 Å². The zero-order chi connectivity index (χ0) is 19.6. The van der Waals surface area contributed by atoms with Crippen molar-refractivity contribution in [1.82, 2.24) is 9.78 Å². The van der Waals surface area contributed by atoms with Crippen molar-refractivity contribution in [3.63, 3.8) is 0 Å². The zero-order valence-corrected chi connectivity index (χ0v) is 15.9. The summed E-state index contributed by atoms with van der Waals surface area (Å²) in [6.07, 6.45) is 3.60. The normalized spacial score (nSPS) is 12.0. The fraction of sp³-hybridized carbons (Fsp3) is 0.150. The van der Waals surface area contributed by atoms with Crippen LogP contribution < -0.4 is 5.14 Å². The lowest BCUT2D eigenvalue weighted by Crippen LogP contribution is -2.11. The molecule has 0 aliphatic rings. The third-order valence-corrected chi connectivity index (χ3v) is 5.18. The molecule has 0 aliphatic carbocycles. The van der Waals surface area contributed by atoms with Crippen molar-refractivity contribution in [2.45, 2.75) is 25.3 Å². The highest BCUT2D eigenvalue weighted by molar-refractivity contribution is 7.89. The van der Waals surface area contributed by atoms with E-state index in [1.165, 1.54) is 12.1 Å². The van der Waals surface area contributed by atoms with Crippen LogP contribution in [0.5, 0.6) is 0 Å². The molecule has 1 aromatic heterocycles. The van der Waals surface area contributed by atoms with Crippen LogP contribution in [0.2, 0.25) is 0 Å². The van der Waals surface area contributed by atoms with Crippen molar-refractivity contribution >= 4 is 16.2 Å². The van der Waals surface area contributed by atoms with Gasteiger partial charge in [-0.05, 0) is 31.5 Å². The van der Waals surface area contributed by atoms with Gasteiger partial charge in [0.2, 0.25) is 10.0 Å². The second-order valence-electron chi connectivity index (χ2n) is 6.19. The topological polar surface area (TPSA) is 98.2 Å². The van der Waals surface area contributed by atoms with Crippen LogP contribution in [-0.2, 0) is 16.6 Å². The molecule has 1 heterocycles. The number of nitrogens with two attached hydrogens (primary N) is 1. The van der Waals surface area contributed by atoms with Gasteiger partial charge in [0, 0.05) is 17.3 Å². The maximum absolute atomic E-state index is 11.5. The van der Waals surface area contributed by atoms with E-state index in [2.05, 4.69) is 5.10 Å². The molecule has 0 amide bonds. The predicted molar refractivity (Wildman–Crippen MR) is 106 cm³/mol. The van der Waals surface area contributed by atoms with Crippen molar-refractivity contribution in [3.05, 3.63) is 65.9 Å². The van der Waals surface area contributed by atoms with Crippen LogP contribution in [-0.4, -0.2) is 23.3 Å². The lowest BCUT2D eigenvalue weighted by Gasteiger charge is -2.07. The molecule has 0 saturated heterocycles. The third kappa shape index (κ3) is 3.85. The van der Waals surface area contributed by atoms with E-state index in [4.69, 9.17) is 5.14 Å². The van der Waals surface area contributed by atoms with Crippen LogP contribution >= 0.6 is 0 Å². The second kappa shape index (κ2) is 7.48. The summed E-state index contributed by atoms with van der Waals surface area (Å²) in [5.41, 5.74) is 4.90. The molecule has 27 heavy (non-hydrogen) atoms. The number of hydrogen-bond donors (Lipinski definition) is 2. The minimum absolute atomic E-state index is 0.0402. The molecule has 0 spiro atoms.